The summed E-state index contributed by atoms with van der Waals surface area (Å²) in [5.74, 6) is 6.47. The monoisotopic (exact) mass is 364 g/mol. The number of ether oxygens (including phenoxy) is 1. The minimum atomic E-state index is -0.717. The zero-order valence-corrected chi connectivity index (χ0v) is 15.9. The van der Waals surface area contributed by atoms with E-state index in [1.807, 2.05) is 0 Å². The van der Waals surface area contributed by atoms with E-state index in [4.69, 9.17) is 0 Å². The van der Waals surface area contributed by atoms with Crippen molar-refractivity contribution in [3.05, 3.63) is 0 Å². The summed E-state index contributed by atoms with van der Waals surface area (Å²) in [6, 6.07) is 0. The van der Waals surface area contributed by atoms with Crippen molar-refractivity contribution in [3.63, 3.8) is 0 Å². The third-order valence-electron chi connectivity index (χ3n) is 5.86. The molecule has 2 N–H and O–H groups in total. The van der Waals surface area contributed by atoms with E-state index < -0.39 is 12.2 Å². The number of methoxy groups -OCH3 is 1. The molecule has 0 aliphatic heterocycles. The number of aliphatic hydroxyl groups excluding tert-OH is 2. The predicted octanol–water partition coefficient (Wildman–Crippen LogP) is 2.48. The molecule has 2 aliphatic rings. The first-order chi connectivity index (χ1) is 12.5. The highest BCUT2D eigenvalue weighted by molar-refractivity contribution is 5.86. The number of aliphatic hydroxyl groups is 2. The Morgan fingerprint density at radius 2 is 2.04 bits per heavy atom. The Balaban J connectivity index is 1.75. The molecule has 0 aromatic carbocycles. The maximum atomic E-state index is 12.1. The van der Waals surface area contributed by atoms with Gasteiger partial charge in [-0.05, 0) is 30.6 Å². The van der Waals surface area contributed by atoms with E-state index in [1.54, 1.807) is 0 Å². The average Bonchev–Trinajstić information content (AvgIpc) is 3.23. The fourth-order valence-corrected chi connectivity index (χ4v) is 4.32. The van der Waals surface area contributed by atoms with Crippen LogP contribution >= 0.6 is 0 Å². The Hall–Kier alpha value is -1.38. The van der Waals surface area contributed by atoms with Gasteiger partial charge in [-0.15, -0.1) is 11.8 Å². The van der Waals surface area contributed by atoms with Crippen LogP contribution in [0.1, 0.15) is 64.7 Å². The molecule has 0 aromatic rings. The summed E-state index contributed by atoms with van der Waals surface area (Å²) < 4.78 is 4.58. The van der Waals surface area contributed by atoms with Crippen LogP contribution in [-0.2, 0) is 14.3 Å². The molecule has 0 heterocycles. The molecule has 5 nitrogen and oxygen atoms in total. The Kier molecular flexibility index (Phi) is 8.12. The molecule has 0 amide bonds. The lowest BCUT2D eigenvalue weighted by Crippen LogP contribution is -2.31. The molecule has 6 unspecified atom stereocenters. The molecular formula is C21H32O5. The van der Waals surface area contributed by atoms with Gasteiger partial charge in [-0.1, -0.05) is 26.2 Å². The number of unbranched alkanes of at least 4 members (excludes halogenated alkanes) is 3. The third kappa shape index (κ3) is 5.31. The van der Waals surface area contributed by atoms with Crippen molar-refractivity contribution in [2.45, 2.75) is 76.9 Å². The van der Waals surface area contributed by atoms with E-state index in [2.05, 4.69) is 23.5 Å². The van der Waals surface area contributed by atoms with Gasteiger partial charge in [0.25, 0.3) is 0 Å². The number of carbonyl (C=O) groups excluding carboxylic acids is 2. The summed E-state index contributed by atoms with van der Waals surface area (Å²) in [6.07, 6.45) is 4.99. The maximum Gasteiger partial charge on any atom is 0.305 e. The zero-order valence-electron chi connectivity index (χ0n) is 15.9. The molecule has 2 fully saturated rings. The summed E-state index contributed by atoms with van der Waals surface area (Å²) in [7, 11) is 1.37. The van der Waals surface area contributed by atoms with Crippen molar-refractivity contribution in [1.29, 1.82) is 0 Å². The third-order valence-corrected chi connectivity index (χ3v) is 5.86. The predicted molar refractivity (Wildman–Crippen MR) is 98.0 cm³/mol. The lowest BCUT2D eigenvalue weighted by atomic mass is 9.91. The van der Waals surface area contributed by atoms with Gasteiger partial charge in [0.2, 0.25) is 0 Å². The molecule has 2 aliphatic carbocycles. The Bertz CT molecular complexity index is 546. The first kappa shape index (κ1) is 20.9. The topological polar surface area (TPSA) is 83.8 Å². The SMILES string of the molecule is CCCCCC(O)C(O)C1C2CC(=O)C(CC#CCCCC(=O)OC)C21. The number of fused-ring (bicyclic) bond motifs is 1. The normalized spacial score (nSPS) is 28.7. The zero-order chi connectivity index (χ0) is 19.1. The van der Waals surface area contributed by atoms with Crippen LogP contribution in [0.25, 0.3) is 0 Å². The van der Waals surface area contributed by atoms with Crippen molar-refractivity contribution < 1.29 is 24.5 Å². The van der Waals surface area contributed by atoms with Gasteiger partial charge >= 0.3 is 5.97 Å². The minimum absolute atomic E-state index is 0.0513. The van der Waals surface area contributed by atoms with Crippen molar-refractivity contribution in [3.8, 4) is 11.8 Å². The van der Waals surface area contributed by atoms with Gasteiger partial charge in [0.15, 0.2) is 0 Å². The Labute approximate surface area is 156 Å². The molecule has 0 aromatic heterocycles. The van der Waals surface area contributed by atoms with E-state index in [-0.39, 0.29) is 35.4 Å². The number of hydrogen-bond acceptors (Lipinski definition) is 5. The van der Waals surface area contributed by atoms with Crippen molar-refractivity contribution in [2.75, 3.05) is 7.11 Å². The summed E-state index contributed by atoms with van der Waals surface area (Å²) >= 11 is 0. The van der Waals surface area contributed by atoms with Gasteiger partial charge < -0.3 is 14.9 Å². The molecule has 2 saturated carbocycles. The Morgan fingerprint density at radius 1 is 1.27 bits per heavy atom. The number of rotatable bonds is 10. The van der Waals surface area contributed by atoms with Gasteiger partial charge in [0, 0.05) is 31.6 Å². The van der Waals surface area contributed by atoms with Crippen LogP contribution in [0.2, 0.25) is 0 Å². The lowest BCUT2D eigenvalue weighted by Gasteiger charge is -2.20. The van der Waals surface area contributed by atoms with Gasteiger partial charge in [0.1, 0.15) is 5.78 Å². The van der Waals surface area contributed by atoms with Crippen molar-refractivity contribution in [1.82, 2.24) is 0 Å². The van der Waals surface area contributed by atoms with Gasteiger partial charge in [-0.25, -0.2) is 0 Å². The van der Waals surface area contributed by atoms with E-state index in [1.165, 1.54) is 7.11 Å². The maximum absolute atomic E-state index is 12.1. The highest BCUT2D eigenvalue weighted by Crippen LogP contribution is 2.61. The summed E-state index contributed by atoms with van der Waals surface area (Å²) in [5.41, 5.74) is 0. The van der Waals surface area contributed by atoms with Crippen LogP contribution < -0.4 is 0 Å². The second kappa shape index (κ2) is 10.1. The number of hydrogen-bond donors (Lipinski definition) is 2. The molecular weight excluding hydrogens is 332 g/mol. The molecule has 5 heteroatoms. The molecule has 0 spiro atoms. The molecule has 6 atom stereocenters. The first-order valence-corrected chi connectivity index (χ1v) is 9.92. The number of esters is 1. The molecule has 146 valence electrons. The second-order valence-corrected chi connectivity index (χ2v) is 7.64. The molecule has 2 rings (SSSR count). The Morgan fingerprint density at radius 3 is 2.73 bits per heavy atom. The fourth-order valence-electron chi connectivity index (χ4n) is 4.32. The number of Topliss-reactive ketones (excluding diaryl/α,β-unsaturated/α-hetero) is 1. The smallest absolute Gasteiger partial charge is 0.305 e. The van der Waals surface area contributed by atoms with E-state index in [9.17, 15) is 19.8 Å². The lowest BCUT2D eigenvalue weighted by molar-refractivity contribution is -0.140. The second-order valence-electron chi connectivity index (χ2n) is 7.64. The van der Waals surface area contributed by atoms with Gasteiger partial charge in [-0.3, -0.25) is 9.59 Å². The van der Waals surface area contributed by atoms with Crippen molar-refractivity contribution in [2.24, 2.45) is 23.7 Å². The molecule has 26 heavy (non-hydrogen) atoms. The quantitative estimate of drug-likeness (QED) is 0.353. The molecule has 0 bridgehead atoms. The summed E-state index contributed by atoms with van der Waals surface area (Å²) in [5, 5.41) is 20.6. The minimum Gasteiger partial charge on any atom is -0.469 e. The average molecular weight is 364 g/mol. The van der Waals surface area contributed by atoms with Crippen LogP contribution in [0.15, 0.2) is 0 Å². The van der Waals surface area contributed by atoms with Crippen LogP contribution in [0.5, 0.6) is 0 Å². The summed E-state index contributed by atoms with van der Waals surface area (Å²) in [4.78, 5) is 23.2. The van der Waals surface area contributed by atoms with E-state index in [0.29, 0.717) is 38.5 Å². The van der Waals surface area contributed by atoms with E-state index in [0.717, 1.165) is 19.3 Å². The van der Waals surface area contributed by atoms with Crippen LogP contribution in [0.4, 0.5) is 0 Å². The largest absolute Gasteiger partial charge is 0.469 e. The summed E-state index contributed by atoms with van der Waals surface area (Å²) in [6.45, 7) is 2.11. The molecule has 0 saturated heterocycles. The number of carbonyl (C=O) groups is 2. The highest BCUT2D eigenvalue weighted by atomic mass is 16.5. The van der Waals surface area contributed by atoms with Crippen molar-refractivity contribution >= 4 is 11.8 Å². The van der Waals surface area contributed by atoms with Crippen LogP contribution in [0, 0.1) is 35.5 Å². The van der Waals surface area contributed by atoms with Gasteiger partial charge in [0.05, 0.1) is 19.3 Å². The fraction of sp³-hybridized carbons (Fsp3) is 0.810. The van der Waals surface area contributed by atoms with Crippen LogP contribution in [0.3, 0.4) is 0 Å². The standard InChI is InChI=1S/C21H32O5/c1-3-4-7-11-16(22)21(25)20-15-13-17(23)14(19(15)20)10-8-5-6-9-12-18(24)26-2/h14-16,19-22,25H,3-4,6-7,9-13H2,1-2H3. The van der Waals surface area contributed by atoms with E-state index >= 15 is 0 Å². The highest BCUT2D eigenvalue weighted by Gasteiger charge is 2.64. The number of ketones is 1. The van der Waals surface area contributed by atoms with Crippen LogP contribution in [-0.4, -0.2) is 41.3 Å². The van der Waals surface area contributed by atoms with Gasteiger partial charge in [-0.2, -0.15) is 0 Å². The first-order valence-electron chi connectivity index (χ1n) is 9.92. The molecule has 0 radical (unpaired) electrons.